The molecule has 2 heterocycles. The molecule has 20 heavy (non-hydrogen) atoms. The maximum Gasteiger partial charge on any atom is 0.193 e. The average molecular weight is 306 g/mol. The van der Waals surface area contributed by atoms with E-state index < -0.39 is 0 Å². The van der Waals surface area contributed by atoms with Crippen LogP contribution in [0.15, 0.2) is 36.0 Å². The van der Waals surface area contributed by atoms with Crippen LogP contribution >= 0.6 is 22.9 Å². The van der Waals surface area contributed by atoms with Crippen LogP contribution in [0.4, 0.5) is 0 Å². The molecule has 2 aromatic heterocycles. The van der Waals surface area contributed by atoms with Crippen molar-refractivity contribution in [2.75, 3.05) is 7.05 Å². The third-order valence-corrected chi connectivity index (χ3v) is 4.36. The summed E-state index contributed by atoms with van der Waals surface area (Å²) in [5.41, 5.74) is 3.47. The minimum atomic E-state index is 0.219. The Morgan fingerprint density at radius 1 is 1.40 bits per heavy atom. The molecule has 0 aliphatic carbocycles. The Morgan fingerprint density at radius 2 is 2.25 bits per heavy atom. The molecule has 0 amide bonds. The lowest BCUT2D eigenvalue weighted by Crippen LogP contribution is -2.19. The van der Waals surface area contributed by atoms with E-state index in [-0.39, 0.29) is 6.04 Å². The van der Waals surface area contributed by atoms with Gasteiger partial charge in [-0.25, -0.2) is 4.98 Å². The van der Waals surface area contributed by atoms with Gasteiger partial charge in [0.15, 0.2) is 4.96 Å². The van der Waals surface area contributed by atoms with Crippen LogP contribution < -0.4 is 5.32 Å². The number of halogens is 1. The molecule has 1 aromatic carbocycles. The maximum absolute atomic E-state index is 6.16. The summed E-state index contributed by atoms with van der Waals surface area (Å²) >= 11 is 7.81. The number of thiazole rings is 1. The molecule has 1 N–H and O–H groups in total. The highest BCUT2D eigenvalue weighted by atomic mass is 35.5. The number of rotatable bonds is 4. The number of hydrogen-bond donors (Lipinski definition) is 1. The van der Waals surface area contributed by atoms with Gasteiger partial charge in [-0.1, -0.05) is 17.7 Å². The van der Waals surface area contributed by atoms with Gasteiger partial charge in [0.1, 0.15) is 0 Å². The number of nitrogens with zero attached hydrogens (tertiary/aromatic N) is 2. The molecule has 1 atom stereocenters. The van der Waals surface area contributed by atoms with E-state index in [1.165, 1.54) is 11.1 Å². The van der Waals surface area contributed by atoms with Gasteiger partial charge in [0, 0.05) is 35.3 Å². The van der Waals surface area contributed by atoms with Crippen molar-refractivity contribution >= 4 is 27.9 Å². The highest BCUT2D eigenvalue weighted by molar-refractivity contribution is 7.15. The van der Waals surface area contributed by atoms with Gasteiger partial charge in [0.25, 0.3) is 0 Å². The van der Waals surface area contributed by atoms with Crippen LogP contribution in [0.5, 0.6) is 0 Å². The molecule has 0 fully saturated rings. The zero-order valence-electron chi connectivity index (χ0n) is 11.4. The number of aryl methyl sites for hydroxylation is 1. The first kappa shape index (κ1) is 13.6. The van der Waals surface area contributed by atoms with Gasteiger partial charge < -0.3 is 5.32 Å². The molecule has 3 rings (SSSR count). The molecule has 0 saturated carbocycles. The van der Waals surface area contributed by atoms with Crippen LogP contribution in [0.2, 0.25) is 5.02 Å². The standard InChI is InChI=1S/C15H16ClN3S/c1-10-5-11(7-12(16)6-10)14(17-2)8-13-9-19-3-4-20-15(19)18-13/h3-7,9,14,17H,8H2,1-2H3. The van der Waals surface area contributed by atoms with E-state index >= 15 is 0 Å². The van der Waals surface area contributed by atoms with Gasteiger partial charge >= 0.3 is 0 Å². The fourth-order valence-electron chi connectivity index (χ4n) is 2.44. The molecular weight excluding hydrogens is 290 g/mol. The molecule has 0 aliphatic heterocycles. The second kappa shape index (κ2) is 5.56. The smallest absolute Gasteiger partial charge is 0.193 e. The molecule has 0 saturated heterocycles. The predicted molar refractivity (Wildman–Crippen MR) is 84.8 cm³/mol. The second-order valence-electron chi connectivity index (χ2n) is 4.93. The highest BCUT2D eigenvalue weighted by Gasteiger charge is 2.14. The first-order valence-electron chi connectivity index (χ1n) is 6.51. The molecule has 3 nitrogen and oxygen atoms in total. The van der Waals surface area contributed by atoms with Crippen molar-refractivity contribution in [1.29, 1.82) is 0 Å². The minimum Gasteiger partial charge on any atom is -0.313 e. The third-order valence-electron chi connectivity index (χ3n) is 3.37. The SMILES string of the molecule is CNC(Cc1cn2ccsc2n1)c1cc(C)cc(Cl)c1. The highest BCUT2D eigenvalue weighted by Crippen LogP contribution is 2.23. The fraction of sp³-hybridized carbons (Fsp3) is 0.267. The summed E-state index contributed by atoms with van der Waals surface area (Å²) in [5.74, 6) is 0. The normalized spacial score (nSPS) is 12.9. The minimum absolute atomic E-state index is 0.219. The monoisotopic (exact) mass is 305 g/mol. The summed E-state index contributed by atoms with van der Waals surface area (Å²) in [6, 6.07) is 6.39. The number of benzene rings is 1. The molecule has 0 bridgehead atoms. The quantitative estimate of drug-likeness (QED) is 0.793. The van der Waals surface area contributed by atoms with E-state index in [0.29, 0.717) is 0 Å². The Morgan fingerprint density at radius 3 is 2.95 bits per heavy atom. The van der Waals surface area contributed by atoms with Crippen molar-refractivity contribution < 1.29 is 0 Å². The van der Waals surface area contributed by atoms with E-state index in [1.807, 2.05) is 30.8 Å². The first-order valence-corrected chi connectivity index (χ1v) is 7.77. The van der Waals surface area contributed by atoms with E-state index in [0.717, 1.165) is 22.1 Å². The number of nitrogens with one attached hydrogen (secondary N) is 1. The van der Waals surface area contributed by atoms with Gasteiger partial charge in [0.2, 0.25) is 0 Å². The van der Waals surface area contributed by atoms with Crippen molar-refractivity contribution in [3.05, 3.63) is 57.8 Å². The Labute approximate surface area is 127 Å². The van der Waals surface area contributed by atoms with Crippen molar-refractivity contribution in [2.45, 2.75) is 19.4 Å². The number of aromatic nitrogens is 2. The fourth-order valence-corrected chi connectivity index (χ4v) is 3.45. The van der Waals surface area contributed by atoms with Crippen LogP contribution in [0.3, 0.4) is 0 Å². The van der Waals surface area contributed by atoms with Crippen LogP contribution in [-0.4, -0.2) is 16.4 Å². The van der Waals surface area contributed by atoms with Crippen LogP contribution in [0.25, 0.3) is 4.96 Å². The number of hydrogen-bond acceptors (Lipinski definition) is 3. The molecule has 104 valence electrons. The van der Waals surface area contributed by atoms with Crippen molar-refractivity contribution in [3.63, 3.8) is 0 Å². The first-order chi connectivity index (χ1) is 9.65. The van der Waals surface area contributed by atoms with Crippen molar-refractivity contribution in [1.82, 2.24) is 14.7 Å². The van der Waals surface area contributed by atoms with E-state index in [2.05, 4.69) is 33.9 Å². The summed E-state index contributed by atoms with van der Waals surface area (Å²) in [7, 11) is 1.97. The van der Waals surface area contributed by atoms with Gasteiger partial charge in [0.05, 0.1) is 5.69 Å². The summed E-state index contributed by atoms with van der Waals surface area (Å²) in [4.78, 5) is 5.68. The number of likely N-dealkylation sites (N-methyl/N-ethyl adjacent to an activating group) is 1. The van der Waals surface area contributed by atoms with E-state index in [9.17, 15) is 0 Å². The zero-order chi connectivity index (χ0) is 14.1. The molecule has 1 unspecified atom stereocenters. The summed E-state index contributed by atoms with van der Waals surface area (Å²) in [5, 5.41) is 6.18. The molecule has 0 aliphatic rings. The van der Waals surface area contributed by atoms with Crippen molar-refractivity contribution in [3.8, 4) is 0 Å². The predicted octanol–water partition coefficient (Wildman–Crippen LogP) is 3.86. The topological polar surface area (TPSA) is 29.3 Å². The summed E-state index contributed by atoms with van der Waals surface area (Å²) in [6.07, 6.45) is 4.98. The lowest BCUT2D eigenvalue weighted by molar-refractivity contribution is 0.585. The molecule has 5 heteroatoms. The van der Waals surface area contributed by atoms with Crippen LogP contribution in [-0.2, 0) is 6.42 Å². The second-order valence-corrected chi connectivity index (χ2v) is 6.24. The lowest BCUT2D eigenvalue weighted by atomic mass is 10.0. The largest absolute Gasteiger partial charge is 0.313 e. The Bertz CT molecular complexity index is 683. The van der Waals surface area contributed by atoms with Crippen molar-refractivity contribution in [2.24, 2.45) is 0 Å². The molecule has 3 aromatic rings. The molecule has 0 spiro atoms. The van der Waals surface area contributed by atoms with E-state index in [4.69, 9.17) is 11.6 Å². The Balaban J connectivity index is 1.87. The van der Waals surface area contributed by atoms with Gasteiger partial charge in [-0.3, -0.25) is 4.40 Å². The van der Waals surface area contributed by atoms with Gasteiger partial charge in [-0.2, -0.15) is 0 Å². The average Bonchev–Trinajstić information content (AvgIpc) is 2.95. The Kier molecular flexibility index (Phi) is 3.78. The van der Waals surface area contributed by atoms with Gasteiger partial charge in [-0.05, 0) is 37.2 Å². The van der Waals surface area contributed by atoms with Gasteiger partial charge in [-0.15, -0.1) is 11.3 Å². The third kappa shape index (κ3) is 2.73. The van der Waals surface area contributed by atoms with Crippen LogP contribution in [0, 0.1) is 6.92 Å². The Hall–Kier alpha value is -1.36. The van der Waals surface area contributed by atoms with E-state index in [1.54, 1.807) is 11.3 Å². The lowest BCUT2D eigenvalue weighted by Gasteiger charge is -2.16. The number of imidazole rings is 1. The number of fused-ring (bicyclic) bond motifs is 1. The maximum atomic E-state index is 6.16. The van der Waals surface area contributed by atoms with Crippen LogP contribution in [0.1, 0.15) is 22.9 Å². The summed E-state index contributed by atoms with van der Waals surface area (Å²) in [6.45, 7) is 2.06. The molecular formula is C15H16ClN3S. The summed E-state index contributed by atoms with van der Waals surface area (Å²) < 4.78 is 2.07. The zero-order valence-corrected chi connectivity index (χ0v) is 13.0. The molecule has 0 radical (unpaired) electrons.